The molecule has 1 amide bonds. The molecule has 0 atom stereocenters. The van der Waals surface area contributed by atoms with Crippen LogP contribution in [0.15, 0.2) is 48.9 Å². The Bertz CT molecular complexity index is 1060. The first kappa shape index (κ1) is 18.1. The number of nitrogens with zero attached hydrogens (tertiary/aromatic N) is 4. The fourth-order valence-corrected chi connectivity index (χ4v) is 3.55. The van der Waals surface area contributed by atoms with Gasteiger partial charge in [0.2, 0.25) is 5.91 Å². The number of rotatable bonds is 3. The number of carbonyl (C=O) groups is 1. The van der Waals surface area contributed by atoms with Crippen LogP contribution in [-0.4, -0.2) is 40.9 Å². The zero-order valence-electron chi connectivity index (χ0n) is 15.7. The van der Waals surface area contributed by atoms with Gasteiger partial charge in [0, 0.05) is 35.5 Å². The van der Waals surface area contributed by atoms with Gasteiger partial charge in [0.15, 0.2) is 0 Å². The first-order valence-electron chi connectivity index (χ1n) is 9.37. The molecule has 4 rings (SSSR count). The summed E-state index contributed by atoms with van der Waals surface area (Å²) < 4.78 is 0. The van der Waals surface area contributed by atoms with E-state index in [1.54, 1.807) is 18.6 Å². The molecule has 1 aliphatic rings. The van der Waals surface area contributed by atoms with E-state index in [4.69, 9.17) is 5.26 Å². The number of piperidine rings is 1. The SMILES string of the molecule is CN1CCC(C(=O)Nc2cc3cc(-c4cncc(C#N)c4)ccc3cn2)CC1. The molecule has 1 aromatic carbocycles. The molecule has 0 spiro atoms. The highest BCUT2D eigenvalue weighted by Gasteiger charge is 2.23. The minimum Gasteiger partial charge on any atom is -0.310 e. The second-order valence-corrected chi connectivity index (χ2v) is 7.27. The lowest BCUT2D eigenvalue weighted by molar-refractivity contribution is -0.121. The number of amides is 1. The van der Waals surface area contributed by atoms with Crippen molar-refractivity contribution in [2.24, 2.45) is 5.92 Å². The quantitative estimate of drug-likeness (QED) is 0.762. The molecule has 28 heavy (non-hydrogen) atoms. The lowest BCUT2D eigenvalue weighted by Crippen LogP contribution is -2.36. The molecule has 0 unspecified atom stereocenters. The average Bonchev–Trinajstić information content (AvgIpc) is 2.73. The number of hydrogen-bond donors (Lipinski definition) is 1. The maximum absolute atomic E-state index is 12.6. The topological polar surface area (TPSA) is 81.9 Å². The number of benzene rings is 1. The number of carbonyl (C=O) groups excluding carboxylic acids is 1. The van der Waals surface area contributed by atoms with Crippen LogP contribution in [0, 0.1) is 17.2 Å². The van der Waals surface area contributed by atoms with E-state index in [9.17, 15) is 4.79 Å². The maximum Gasteiger partial charge on any atom is 0.228 e. The number of aromatic nitrogens is 2. The smallest absolute Gasteiger partial charge is 0.228 e. The third-order valence-electron chi connectivity index (χ3n) is 5.26. The molecule has 1 N–H and O–H groups in total. The zero-order chi connectivity index (χ0) is 19.5. The van der Waals surface area contributed by atoms with Gasteiger partial charge in [-0.2, -0.15) is 5.26 Å². The molecule has 6 nitrogen and oxygen atoms in total. The van der Waals surface area contributed by atoms with Crippen molar-refractivity contribution < 1.29 is 4.79 Å². The molecule has 3 heterocycles. The number of likely N-dealkylation sites (tertiary alicyclic amines) is 1. The summed E-state index contributed by atoms with van der Waals surface area (Å²) in [5.74, 6) is 0.652. The van der Waals surface area contributed by atoms with E-state index in [0.29, 0.717) is 11.4 Å². The standard InChI is InChI=1S/C22H21N5O/c1-27-6-4-16(5-7-27)22(28)26-21-10-19-9-17(2-3-18(19)14-25-21)20-8-15(11-23)12-24-13-20/h2-3,8-10,12-14,16H,4-7H2,1H3,(H,25,26,28). The van der Waals surface area contributed by atoms with Crippen molar-refractivity contribution in [1.82, 2.24) is 14.9 Å². The van der Waals surface area contributed by atoms with Crippen LogP contribution in [0.5, 0.6) is 0 Å². The lowest BCUT2D eigenvalue weighted by atomic mass is 9.96. The zero-order valence-corrected chi connectivity index (χ0v) is 15.7. The highest BCUT2D eigenvalue weighted by Crippen LogP contribution is 2.26. The van der Waals surface area contributed by atoms with Gasteiger partial charge < -0.3 is 10.2 Å². The number of pyridine rings is 2. The lowest BCUT2D eigenvalue weighted by Gasteiger charge is -2.27. The molecule has 1 saturated heterocycles. The van der Waals surface area contributed by atoms with Crippen molar-refractivity contribution >= 4 is 22.5 Å². The van der Waals surface area contributed by atoms with Gasteiger partial charge in [-0.25, -0.2) is 4.98 Å². The molecule has 0 bridgehead atoms. The fraction of sp³-hybridized carbons (Fsp3) is 0.273. The van der Waals surface area contributed by atoms with Gasteiger partial charge >= 0.3 is 0 Å². The van der Waals surface area contributed by atoms with Crippen molar-refractivity contribution in [2.75, 3.05) is 25.5 Å². The van der Waals surface area contributed by atoms with Gasteiger partial charge in [-0.3, -0.25) is 9.78 Å². The molecule has 0 aliphatic carbocycles. The van der Waals surface area contributed by atoms with Crippen molar-refractivity contribution in [1.29, 1.82) is 5.26 Å². The van der Waals surface area contributed by atoms with Crippen LogP contribution in [0.3, 0.4) is 0 Å². The molecular formula is C22H21N5O. The summed E-state index contributed by atoms with van der Waals surface area (Å²) in [4.78, 5) is 23.3. The van der Waals surface area contributed by atoms with E-state index in [1.807, 2.05) is 30.3 Å². The van der Waals surface area contributed by atoms with Crippen LogP contribution >= 0.6 is 0 Å². The van der Waals surface area contributed by atoms with Crippen LogP contribution < -0.4 is 5.32 Å². The largest absolute Gasteiger partial charge is 0.310 e. The molecule has 1 fully saturated rings. The number of nitriles is 1. The molecule has 0 saturated carbocycles. The average molecular weight is 371 g/mol. The number of anilines is 1. The second kappa shape index (κ2) is 7.75. The van der Waals surface area contributed by atoms with E-state index in [2.05, 4.69) is 33.3 Å². The van der Waals surface area contributed by atoms with Gasteiger partial charge in [-0.15, -0.1) is 0 Å². The van der Waals surface area contributed by atoms with Gasteiger partial charge in [0.05, 0.1) is 5.56 Å². The summed E-state index contributed by atoms with van der Waals surface area (Å²) in [7, 11) is 2.08. The number of fused-ring (bicyclic) bond motifs is 1. The first-order valence-corrected chi connectivity index (χ1v) is 9.37. The Morgan fingerprint density at radius 2 is 1.93 bits per heavy atom. The molecule has 1 aliphatic heterocycles. The number of nitrogens with one attached hydrogen (secondary N) is 1. The highest BCUT2D eigenvalue weighted by atomic mass is 16.1. The van der Waals surface area contributed by atoms with Gasteiger partial charge in [-0.05, 0) is 62.1 Å². The fourth-order valence-electron chi connectivity index (χ4n) is 3.55. The third-order valence-corrected chi connectivity index (χ3v) is 5.26. The van der Waals surface area contributed by atoms with Crippen LogP contribution in [0.4, 0.5) is 5.82 Å². The summed E-state index contributed by atoms with van der Waals surface area (Å²) >= 11 is 0. The predicted octanol–water partition coefficient (Wildman–Crippen LogP) is 3.45. The van der Waals surface area contributed by atoms with Gasteiger partial charge in [-0.1, -0.05) is 12.1 Å². The summed E-state index contributed by atoms with van der Waals surface area (Å²) in [6.45, 7) is 1.89. The Morgan fingerprint density at radius 1 is 1.11 bits per heavy atom. The van der Waals surface area contributed by atoms with E-state index in [1.165, 1.54) is 0 Å². The van der Waals surface area contributed by atoms with Crippen LogP contribution in [0.2, 0.25) is 0 Å². The molecule has 0 radical (unpaired) electrons. The van der Waals surface area contributed by atoms with Crippen molar-refractivity contribution in [2.45, 2.75) is 12.8 Å². The van der Waals surface area contributed by atoms with Crippen molar-refractivity contribution in [3.63, 3.8) is 0 Å². The van der Waals surface area contributed by atoms with E-state index in [-0.39, 0.29) is 11.8 Å². The molecule has 6 heteroatoms. The van der Waals surface area contributed by atoms with Crippen LogP contribution in [0.25, 0.3) is 21.9 Å². The summed E-state index contributed by atoms with van der Waals surface area (Å²) in [6, 6.07) is 11.8. The molecule has 3 aromatic rings. The molecule has 2 aromatic heterocycles. The highest BCUT2D eigenvalue weighted by molar-refractivity contribution is 5.95. The van der Waals surface area contributed by atoms with E-state index < -0.39 is 0 Å². The summed E-state index contributed by atoms with van der Waals surface area (Å²) in [5.41, 5.74) is 2.38. The maximum atomic E-state index is 12.6. The Morgan fingerprint density at radius 3 is 2.71 bits per heavy atom. The monoisotopic (exact) mass is 371 g/mol. The molecular weight excluding hydrogens is 350 g/mol. The Kier molecular flexibility index (Phi) is 5.00. The third kappa shape index (κ3) is 3.85. The van der Waals surface area contributed by atoms with E-state index >= 15 is 0 Å². The second-order valence-electron chi connectivity index (χ2n) is 7.27. The Labute approximate surface area is 163 Å². The minimum absolute atomic E-state index is 0.0415. The van der Waals surface area contributed by atoms with Crippen molar-refractivity contribution in [3.05, 3.63) is 54.5 Å². The summed E-state index contributed by atoms with van der Waals surface area (Å²) in [5, 5.41) is 14.0. The Balaban J connectivity index is 1.57. The van der Waals surface area contributed by atoms with Gasteiger partial charge in [0.1, 0.15) is 11.9 Å². The van der Waals surface area contributed by atoms with E-state index in [0.717, 1.165) is 47.8 Å². The first-order chi connectivity index (χ1) is 13.6. The summed E-state index contributed by atoms with van der Waals surface area (Å²) in [6.07, 6.45) is 6.81. The predicted molar refractivity (Wildman–Crippen MR) is 109 cm³/mol. The molecule has 140 valence electrons. The van der Waals surface area contributed by atoms with Crippen molar-refractivity contribution in [3.8, 4) is 17.2 Å². The van der Waals surface area contributed by atoms with Gasteiger partial charge in [0.25, 0.3) is 0 Å². The van der Waals surface area contributed by atoms with Crippen LogP contribution in [-0.2, 0) is 4.79 Å². The minimum atomic E-state index is 0.0415. The Hall–Kier alpha value is -3.30. The normalized spacial score (nSPS) is 15.3. The van der Waals surface area contributed by atoms with Crippen LogP contribution in [0.1, 0.15) is 18.4 Å². The number of hydrogen-bond acceptors (Lipinski definition) is 5.